The number of piperazine rings is 1. The van der Waals surface area contributed by atoms with E-state index in [2.05, 4.69) is 24.5 Å². The number of carbonyl (C=O) groups is 1. The maximum Gasteiger partial charge on any atom is 0.327 e. The van der Waals surface area contributed by atoms with Crippen molar-refractivity contribution in [1.82, 2.24) is 10.2 Å². The summed E-state index contributed by atoms with van der Waals surface area (Å²) in [6, 6.07) is 9.28. The van der Waals surface area contributed by atoms with Crippen LogP contribution in [0, 0.1) is 5.92 Å². The van der Waals surface area contributed by atoms with Crippen LogP contribution in [0.4, 0.5) is 5.69 Å². The van der Waals surface area contributed by atoms with E-state index < -0.39 is 12.0 Å². The Labute approximate surface area is 143 Å². The van der Waals surface area contributed by atoms with E-state index >= 15 is 0 Å². The number of anilines is 1. The maximum atomic E-state index is 11.5. The minimum absolute atomic E-state index is 0.0488. The summed E-state index contributed by atoms with van der Waals surface area (Å²) >= 11 is 5.68. The maximum absolute atomic E-state index is 11.5. The lowest BCUT2D eigenvalue weighted by Gasteiger charge is -2.38. The Bertz CT molecular complexity index is 536. The van der Waals surface area contributed by atoms with Crippen LogP contribution in [0.2, 0.25) is 0 Å². The van der Waals surface area contributed by atoms with Crippen molar-refractivity contribution >= 4 is 28.9 Å². The molecule has 5 nitrogen and oxygen atoms in total. The highest BCUT2D eigenvalue weighted by molar-refractivity contribution is 7.80. The molecule has 0 saturated carbocycles. The molecule has 1 heterocycles. The summed E-state index contributed by atoms with van der Waals surface area (Å²) in [7, 11) is 0. The van der Waals surface area contributed by atoms with Gasteiger partial charge in [-0.25, -0.2) is 4.79 Å². The van der Waals surface area contributed by atoms with Crippen LogP contribution in [0.15, 0.2) is 30.3 Å². The summed E-state index contributed by atoms with van der Waals surface area (Å²) in [4.78, 5) is 14.1. The lowest BCUT2D eigenvalue weighted by molar-refractivity contribution is -0.142. The molecule has 6 heteroatoms. The van der Waals surface area contributed by atoms with Crippen LogP contribution in [0.1, 0.15) is 20.3 Å². The second kappa shape index (κ2) is 8.26. The first-order chi connectivity index (χ1) is 11.0. The van der Waals surface area contributed by atoms with E-state index in [9.17, 15) is 9.90 Å². The summed E-state index contributed by atoms with van der Waals surface area (Å²) in [5.41, 5.74) is 1.00. The molecule has 2 rings (SSSR count). The number of carboxylic acids is 1. The zero-order valence-corrected chi connectivity index (χ0v) is 14.5. The lowest BCUT2D eigenvalue weighted by atomic mass is 10.0. The molecule has 3 N–H and O–H groups in total. The highest BCUT2D eigenvalue weighted by Crippen LogP contribution is 2.18. The number of aliphatic carboxylic acids is 1. The predicted octanol–water partition coefficient (Wildman–Crippen LogP) is 2.20. The SMILES string of the molecule is CC(C)CC(Nc1ccccc1)C(=S)N1CCNCC1C(=O)O. The van der Waals surface area contributed by atoms with Crippen LogP contribution in [0.3, 0.4) is 0 Å². The number of nitrogens with one attached hydrogen (secondary N) is 2. The standard InChI is InChI=1S/C17H25N3O2S/c1-12(2)10-14(19-13-6-4-3-5-7-13)16(23)20-9-8-18-11-15(20)17(21)22/h3-7,12,14-15,18-19H,8-11H2,1-2H3,(H,21,22). The average molecular weight is 335 g/mol. The van der Waals surface area contributed by atoms with Crippen molar-refractivity contribution in [3.8, 4) is 0 Å². The fourth-order valence-electron chi connectivity index (χ4n) is 2.82. The Kier molecular flexibility index (Phi) is 6.36. The molecule has 0 bridgehead atoms. The van der Waals surface area contributed by atoms with E-state index in [4.69, 9.17) is 12.2 Å². The Morgan fingerprint density at radius 1 is 1.43 bits per heavy atom. The lowest BCUT2D eigenvalue weighted by Crippen LogP contribution is -2.59. The number of benzene rings is 1. The van der Waals surface area contributed by atoms with Gasteiger partial charge in [0, 0.05) is 25.3 Å². The van der Waals surface area contributed by atoms with Crippen molar-refractivity contribution in [2.75, 3.05) is 25.0 Å². The zero-order chi connectivity index (χ0) is 16.8. The Balaban J connectivity index is 2.16. The highest BCUT2D eigenvalue weighted by atomic mass is 32.1. The second-order valence-corrected chi connectivity index (χ2v) is 6.70. The third-order valence-corrected chi connectivity index (χ3v) is 4.45. The van der Waals surface area contributed by atoms with Crippen LogP contribution >= 0.6 is 12.2 Å². The van der Waals surface area contributed by atoms with Crippen LogP contribution < -0.4 is 10.6 Å². The van der Waals surface area contributed by atoms with Crippen LogP contribution in [0.5, 0.6) is 0 Å². The van der Waals surface area contributed by atoms with Crippen molar-refractivity contribution in [3.05, 3.63) is 30.3 Å². The van der Waals surface area contributed by atoms with Crippen molar-refractivity contribution < 1.29 is 9.90 Å². The number of carboxylic acid groups (broad SMARTS) is 1. The van der Waals surface area contributed by atoms with E-state index in [1.54, 1.807) is 0 Å². The molecule has 0 amide bonds. The zero-order valence-electron chi connectivity index (χ0n) is 13.7. The summed E-state index contributed by atoms with van der Waals surface area (Å²) in [6.07, 6.45) is 0.865. The molecule has 0 spiro atoms. The smallest absolute Gasteiger partial charge is 0.327 e. The second-order valence-electron chi connectivity index (χ2n) is 6.28. The first-order valence-electron chi connectivity index (χ1n) is 8.04. The topological polar surface area (TPSA) is 64.6 Å². The first-order valence-corrected chi connectivity index (χ1v) is 8.45. The van der Waals surface area contributed by atoms with Gasteiger partial charge in [-0.2, -0.15) is 0 Å². The van der Waals surface area contributed by atoms with Crippen LogP contribution in [-0.4, -0.2) is 52.7 Å². The van der Waals surface area contributed by atoms with Crippen LogP contribution in [-0.2, 0) is 4.79 Å². The summed E-state index contributed by atoms with van der Waals surface area (Å²) in [5.74, 6) is -0.372. The van der Waals surface area contributed by atoms with Gasteiger partial charge in [0.15, 0.2) is 0 Å². The van der Waals surface area contributed by atoms with Crippen molar-refractivity contribution in [1.29, 1.82) is 0 Å². The number of rotatable bonds is 6. The molecule has 1 aromatic carbocycles. The fourth-order valence-corrected chi connectivity index (χ4v) is 3.19. The van der Waals surface area contributed by atoms with Gasteiger partial charge >= 0.3 is 5.97 Å². The average Bonchev–Trinajstić information content (AvgIpc) is 2.54. The van der Waals surface area contributed by atoms with Gasteiger partial charge in [0.25, 0.3) is 0 Å². The molecule has 1 aliphatic heterocycles. The molecule has 2 unspecified atom stereocenters. The number of thiocarbonyl (C=S) groups is 1. The van der Waals surface area contributed by atoms with E-state index in [1.807, 2.05) is 35.2 Å². The molecule has 126 valence electrons. The van der Waals surface area contributed by atoms with E-state index in [0.29, 0.717) is 24.0 Å². The Hall–Kier alpha value is -1.66. The van der Waals surface area contributed by atoms with E-state index in [-0.39, 0.29) is 6.04 Å². The third kappa shape index (κ3) is 4.91. The van der Waals surface area contributed by atoms with Crippen molar-refractivity contribution in [3.63, 3.8) is 0 Å². The Morgan fingerprint density at radius 2 is 2.13 bits per heavy atom. The monoisotopic (exact) mass is 335 g/mol. The van der Waals surface area contributed by atoms with Gasteiger partial charge in [-0.3, -0.25) is 0 Å². The van der Waals surface area contributed by atoms with Crippen molar-refractivity contribution in [2.45, 2.75) is 32.4 Å². The van der Waals surface area contributed by atoms with Gasteiger partial charge in [-0.1, -0.05) is 44.3 Å². The quantitative estimate of drug-likeness (QED) is 0.693. The number of para-hydroxylation sites is 1. The molecule has 1 fully saturated rings. The number of nitrogens with zero attached hydrogens (tertiary/aromatic N) is 1. The van der Waals surface area contributed by atoms with Crippen molar-refractivity contribution in [2.24, 2.45) is 5.92 Å². The normalized spacial score (nSPS) is 19.4. The Morgan fingerprint density at radius 3 is 2.74 bits per heavy atom. The number of hydrogen-bond donors (Lipinski definition) is 3. The molecule has 1 aromatic rings. The molecule has 0 aromatic heterocycles. The van der Waals surface area contributed by atoms with Gasteiger partial charge in [0.05, 0.1) is 6.04 Å². The van der Waals surface area contributed by atoms with Gasteiger partial charge in [-0.05, 0) is 24.5 Å². The van der Waals surface area contributed by atoms with Gasteiger partial charge < -0.3 is 20.6 Å². The van der Waals surface area contributed by atoms with E-state index in [0.717, 1.165) is 18.7 Å². The minimum Gasteiger partial charge on any atom is -0.480 e. The molecular formula is C17H25N3O2S. The molecule has 1 saturated heterocycles. The van der Waals surface area contributed by atoms with Gasteiger partial charge in [-0.15, -0.1) is 0 Å². The summed E-state index contributed by atoms with van der Waals surface area (Å²) in [5, 5.41) is 16.0. The summed E-state index contributed by atoms with van der Waals surface area (Å²) in [6.45, 7) is 6.10. The van der Waals surface area contributed by atoms with Gasteiger partial charge in [0.1, 0.15) is 11.0 Å². The largest absolute Gasteiger partial charge is 0.480 e. The third-order valence-electron chi connectivity index (χ3n) is 3.93. The molecular weight excluding hydrogens is 310 g/mol. The van der Waals surface area contributed by atoms with E-state index in [1.165, 1.54) is 0 Å². The molecule has 1 aliphatic rings. The first kappa shape index (κ1) is 17.7. The minimum atomic E-state index is -0.831. The van der Waals surface area contributed by atoms with Gasteiger partial charge in [0.2, 0.25) is 0 Å². The number of hydrogen-bond acceptors (Lipinski definition) is 4. The summed E-state index contributed by atoms with van der Waals surface area (Å²) < 4.78 is 0. The molecule has 0 aliphatic carbocycles. The highest BCUT2D eigenvalue weighted by Gasteiger charge is 2.33. The molecule has 23 heavy (non-hydrogen) atoms. The molecule has 0 radical (unpaired) electrons. The predicted molar refractivity (Wildman–Crippen MR) is 96.9 cm³/mol. The fraction of sp³-hybridized carbons (Fsp3) is 0.529. The van der Waals surface area contributed by atoms with Crippen LogP contribution in [0.25, 0.3) is 0 Å². The molecule has 2 atom stereocenters.